The van der Waals surface area contributed by atoms with Gasteiger partial charge in [0.25, 0.3) is 0 Å². The number of aryl methyl sites for hydroxylation is 3. The molecule has 0 saturated carbocycles. The zero-order valence-corrected chi connectivity index (χ0v) is 16.7. The fourth-order valence-corrected chi connectivity index (χ4v) is 4.19. The van der Waals surface area contributed by atoms with Crippen LogP contribution in [0.3, 0.4) is 0 Å². The van der Waals surface area contributed by atoms with E-state index in [0.717, 1.165) is 57.8 Å². The lowest BCUT2D eigenvalue weighted by Gasteiger charge is -2.31. The minimum atomic E-state index is 0.253. The second kappa shape index (κ2) is 8.82. The largest absolute Gasteiger partial charge is 0.381 e. The molecule has 1 aliphatic heterocycles. The third-order valence-electron chi connectivity index (χ3n) is 5.63. The number of nitrogens with one attached hydrogen (secondary N) is 1. The van der Waals surface area contributed by atoms with Crippen LogP contribution in [0, 0.1) is 5.92 Å². The van der Waals surface area contributed by atoms with E-state index in [0.29, 0.717) is 5.92 Å². The highest BCUT2D eigenvalue weighted by Gasteiger charge is 2.29. The van der Waals surface area contributed by atoms with Crippen LogP contribution in [0.4, 0.5) is 0 Å². The van der Waals surface area contributed by atoms with Gasteiger partial charge < -0.3 is 14.6 Å². The maximum Gasteiger partial charge on any atom is 0.126 e. The zero-order valence-electron chi connectivity index (χ0n) is 16.7. The van der Waals surface area contributed by atoms with Gasteiger partial charge in [-0.3, -0.25) is 4.68 Å². The highest BCUT2D eigenvalue weighted by molar-refractivity contribution is 5.27. The maximum atomic E-state index is 5.59. The molecule has 0 spiro atoms. The number of nitrogens with zero attached hydrogens (tertiary/aromatic N) is 4. The smallest absolute Gasteiger partial charge is 0.126 e. The minimum Gasteiger partial charge on any atom is -0.381 e. The van der Waals surface area contributed by atoms with E-state index in [1.54, 1.807) is 0 Å². The predicted molar refractivity (Wildman–Crippen MR) is 103 cm³/mol. The third-order valence-corrected chi connectivity index (χ3v) is 5.63. The number of hydrogen-bond donors (Lipinski definition) is 1. The van der Waals surface area contributed by atoms with Crippen LogP contribution in [-0.4, -0.2) is 32.5 Å². The molecule has 1 atom stereocenters. The molecule has 1 unspecified atom stereocenters. The minimum absolute atomic E-state index is 0.253. The van der Waals surface area contributed by atoms with E-state index in [9.17, 15) is 0 Å². The summed E-state index contributed by atoms with van der Waals surface area (Å²) in [4.78, 5) is 4.70. The summed E-state index contributed by atoms with van der Waals surface area (Å²) in [5.41, 5.74) is 3.91. The van der Waals surface area contributed by atoms with Crippen molar-refractivity contribution in [1.29, 1.82) is 0 Å². The first-order valence-corrected chi connectivity index (χ1v) is 10.0. The van der Waals surface area contributed by atoms with E-state index < -0.39 is 0 Å². The molecule has 1 aliphatic rings. The first-order valence-electron chi connectivity index (χ1n) is 10.0. The van der Waals surface area contributed by atoms with Crippen LogP contribution in [-0.2, 0) is 37.7 Å². The van der Waals surface area contributed by atoms with E-state index in [2.05, 4.69) is 43.9 Å². The van der Waals surface area contributed by atoms with E-state index in [1.807, 2.05) is 10.9 Å². The predicted octanol–water partition coefficient (Wildman–Crippen LogP) is 3.02. The van der Waals surface area contributed by atoms with Crippen molar-refractivity contribution in [3.8, 4) is 0 Å². The summed E-state index contributed by atoms with van der Waals surface area (Å²) in [6.07, 6.45) is 8.15. The van der Waals surface area contributed by atoms with Gasteiger partial charge in [-0.15, -0.1) is 0 Å². The normalized spacial score (nSPS) is 16.9. The SMILES string of the molecule is CCc1nn(C)c(CC)c1CNC(c1nccn1CC)C1CCOCC1. The molecule has 1 saturated heterocycles. The highest BCUT2D eigenvalue weighted by atomic mass is 16.5. The van der Waals surface area contributed by atoms with Gasteiger partial charge in [-0.05, 0) is 38.5 Å². The molecule has 26 heavy (non-hydrogen) atoms. The second-order valence-electron chi connectivity index (χ2n) is 7.08. The van der Waals surface area contributed by atoms with Gasteiger partial charge in [0, 0.05) is 57.0 Å². The molecule has 0 aromatic carbocycles. The molecule has 3 rings (SSSR count). The van der Waals surface area contributed by atoms with Crippen LogP contribution >= 0.6 is 0 Å². The lowest BCUT2D eigenvalue weighted by Crippen LogP contribution is -2.34. The number of aromatic nitrogens is 4. The molecule has 0 bridgehead atoms. The number of hydrogen-bond acceptors (Lipinski definition) is 4. The lowest BCUT2D eigenvalue weighted by atomic mass is 9.90. The fourth-order valence-electron chi connectivity index (χ4n) is 4.19. The highest BCUT2D eigenvalue weighted by Crippen LogP contribution is 2.30. The Bertz CT molecular complexity index is 699. The molecule has 0 aliphatic carbocycles. The molecule has 1 N–H and O–H groups in total. The molecule has 2 aromatic rings. The van der Waals surface area contributed by atoms with Crippen LogP contribution < -0.4 is 5.32 Å². The van der Waals surface area contributed by atoms with Crippen molar-refractivity contribution in [3.63, 3.8) is 0 Å². The van der Waals surface area contributed by atoms with Crippen LogP contribution in [0.25, 0.3) is 0 Å². The van der Waals surface area contributed by atoms with Gasteiger partial charge in [0.2, 0.25) is 0 Å². The van der Waals surface area contributed by atoms with Gasteiger partial charge >= 0.3 is 0 Å². The Balaban J connectivity index is 1.85. The van der Waals surface area contributed by atoms with Crippen LogP contribution in [0.2, 0.25) is 0 Å². The van der Waals surface area contributed by atoms with Gasteiger partial charge in [0.15, 0.2) is 0 Å². The maximum absolute atomic E-state index is 5.59. The van der Waals surface area contributed by atoms with E-state index >= 15 is 0 Å². The van der Waals surface area contributed by atoms with Gasteiger partial charge in [-0.1, -0.05) is 13.8 Å². The summed E-state index contributed by atoms with van der Waals surface area (Å²) in [5.74, 6) is 1.71. The van der Waals surface area contributed by atoms with Crippen molar-refractivity contribution in [2.24, 2.45) is 13.0 Å². The van der Waals surface area contributed by atoms with Crippen LogP contribution in [0.15, 0.2) is 12.4 Å². The summed E-state index contributed by atoms with van der Waals surface area (Å²) in [6.45, 7) is 10.1. The Hall–Kier alpha value is -1.66. The van der Waals surface area contributed by atoms with Crippen LogP contribution in [0.5, 0.6) is 0 Å². The monoisotopic (exact) mass is 359 g/mol. The van der Waals surface area contributed by atoms with Crippen molar-refractivity contribution in [1.82, 2.24) is 24.6 Å². The summed E-state index contributed by atoms with van der Waals surface area (Å²) >= 11 is 0. The quantitative estimate of drug-likeness (QED) is 0.787. The van der Waals surface area contributed by atoms with E-state index in [1.165, 1.54) is 17.0 Å². The van der Waals surface area contributed by atoms with Crippen molar-refractivity contribution in [2.45, 2.75) is 65.6 Å². The average molecular weight is 360 g/mol. The van der Waals surface area contributed by atoms with Crippen molar-refractivity contribution < 1.29 is 4.74 Å². The summed E-state index contributed by atoms with van der Waals surface area (Å²) in [7, 11) is 2.06. The Kier molecular flexibility index (Phi) is 6.48. The van der Waals surface area contributed by atoms with E-state index in [4.69, 9.17) is 14.8 Å². The summed E-state index contributed by atoms with van der Waals surface area (Å²) in [6, 6.07) is 0.253. The Labute approximate surface area is 157 Å². The number of ether oxygens (including phenoxy) is 1. The Morgan fingerprint density at radius 1 is 1.23 bits per heavy atom. The topological polar surface area (TPSA) is 56.9 Å². The molecular weight excluding hydrogens is 326 g/mol. The second-order valence-corrected chi connectivity index (χ2v) is 7.08. The molecule has 0 radical (unpaired) electrons. The third kappa shape index (κ3) is 3.86. The molecule has 1 fully saturated rings. The molecule has 2 aromatic heterocycles. The molecule has 144 valence electrons. The Morgan fingerprint density at radius 2 is 2.00 bits per heavy atom. The van der Waals surface area contributed by atoms with Crippen molar-refractivity contribution in [3.05, 3.63) is 35.2 Å². The number of rotatable bonds is 8. The lowest BCUT2D eigenvalue weighted by molar-refractivity contribution is 0.0517. The van der Waals surface area contributed by atoms with Crippen molar-refractivity contribution >= 4 is 0 Å². The number of imidazole rings is 1. The van der Waals surface area contributed by atoms with Gasteiger partial charge in [-0.25, -0.2) is 4.98 Å². The van der Waals surface area contributed by atoms with Crippen molar-refractivity contribution in [2.75, 3.05) is 13.2 Å². The molecular formula is C20H33N5O. The van der Waals surface area contributed by atoms with Gasteiger partial charge in [-0.2, -0.15) is 5.10 Å². The summed E-state index contributed by atoms with van der Waals surface area (Å²) in [5, 5.41) is 8.58. The molecule has 3 heterocycles. The summed E-state index contributed by atoms with van der Waals surface area (Å²) < 4.78 is 9.90. The molecule has 6 heteroatoms. The van der Waals surface area contributed by atoms with Gasteiger partial charge in [0.05, 0.1) is 11.7 Å². The first kappa shape index (κ1) is 19.1. The molecule has 0 amide bonds. The Morgan fingerprint density at radius 3 is 2.65 bits per heavy atom. The fraction of sp³-hybridized carbons (Fsp3) is 0.700. The standard InChI is InChI=1S/C20H33N5O/c1-5-17-16(18(6-2)24(4)23-17)14-22-19(15-8-12-26-13-9-15)20-21-10-11-25(20)7-3/h10-11,15,19,22H,5-9,12-14H2,1-4H3. The zero-order chi connectivity index (χ0) is 18.5. The van der Waals surface area contributed by atoms with Crippen LogP contribution in [0.1, 0.15) is 62.4 Å². The van der Waals surface area contributed by atoms with Gasteiger partial charge in [0.1, 0.15) is 5.82 Å². The first-order chi connectivity index (χ1) is 12.7. The average Bonchev–Trinajstić information content (AvgIpc) is 3.26. The molecule has 6 nitrogen and oxygen atoms in total. The van der Waals surface area contributed by atoms with E-state index in [-0.39, 0.29) is 6.04 Å².